The number of aryl methyl sites for hydroxylation is 1. The lowest BCUT2D eigenvalue weighted by Gasteiger charge is -2.34. The predicted molar refractivity (Wildman–Crippen MR) is 77.5 cm³/mol. The van der Waals surface area contributed by atoms with E-state index in [1.165, 1.54) is 5.56 Å². The number of benzene rings is 1. The molecule has 0 atom stereocenters. The van der Waals surface area contributed by atoms with Crippen LogP contribution in [-0.2, 0) is 6.54 Å². The number of piperazine rings is 1. The van der Waals surface area contributed by atoms with E-state index in [-0.39, 0.29) is 6.61 Å². The van der Waals surface area contributed by atoms with Crippen molar-refractivity contribution < 1.29 is 9.52 Å². The minimum Gasteiger partial charge on any atom is -0.441 e. The fourth-order valence-corrected chi connectivity index (χ4v) is 2.80. The fraction of sp³-hybridized carbons (Fsp3) is 0.533. The van der Waals surface area contributed by atoms with Gasteiger partial charge in [0.05, 0.1) is 6.61 Å². The topological polar surface area (TPSA) is 52.7 Å². The minimum absolute atomic E-state index is 0.248. The quantitative estimate of drug-likeness (QED) is 0.910. The fourth-order valence-electron chi connectivity index (χ4n) is 2.80. The molecule has 0 aliphatic carbocycles. The maximum atomic E-state index is 8.97. The summed E-state index contributed by atoms with van der Waals surface area (Å²) in [7, 11) is 0. The van der Waals surface area contributed by atoms with Crippen molar-refractivity contribution >= 4 is 11.1 Å². The number of hydrogen-bond donors (Lipinski definition) is 1. The summed E-state index contributed by atoms with van der Waals surface area (Å²) in [5.74, 6) is 0.722. The molecule has 20 heavy (non-hydrogen) atoms. The van der Waals surface area contributed by atoms with Gasteiger partial charge in [-0.25, -0.2) is 4.98 Å². The third-order valence-corrected chi connectivity index (χ3v) is 3.88. The number of β-amino-alcohol motifs (C(OH)–C–C–N with tert-alkyl or cyclic N) is 1. The predicted octanol–water partition coefficient (Wildman–Crippen LogP) is 1.25. The van der Waals surface area contributed by atoms with E-state index in [2.05, 4.69) is 20.9 Å². The smallest absolute Gasteiger partial charge is 0.192 e. The normalized spacial score (nSPS) is 17.9. The van der Waals surface area contributed by atoms with Gasteiger partial charge in [-0.05, 0) is 11.6 Å². The SMILES string of the molecule is Cc1nc2c(CN3CCN(CCO)CC3)cccc2o1. The van der Waals surface area contributed by atoms with E-state index < -0.39 is 0 Å². The summed E-state index contributed by atoms with van der Waals surface area (Å²) < 4.78 is 5.58. The van der Waals surface area contributed by atoms with Crippen LogP contribution in [0, 0.1) is 6.92 Å². The van der Waals surface area contributed by atoms with Crippen LogP contribution in [0.5, 0.6) is 0 Å². The first-order chi connectivity index (χ1) is 9.76. The number of aliphatic hydroxyl groups is 1. The van der Waals surface area contributed by atoms with Crippen molar-refractivity contribution in [3.63, 3.8) is 0 Å². The lowest BCUT2D eigenvalue weighted by molar-refractivity contribution is 0.109. The average molecular weight is 275 g/mol. The Balaban J connectivity index is 1.68. The highest BCUT2D eigenvalue weighted by molar-refractivity contribution is 5.76. The van der Waals surface area contributed by atoms with Gasteiger partial charge < -0.3 is 9.52 Å². The van der Waals surface area contributed by atoms with Crippen LogP contribution < -0.4 is 0 Å². The zero-order valence-electron chi connectivity index (χ0n) is 11.9. The number of fused-ring (bicyclic) bond motifs is 1. The molecule has 0 radical (unpaired) electrons. The van der Waals surface area contributed by atoms with Gasteiger partial charge in [-0.15, -0.1) is 0 Å². The molecule has 2 aromatic rings. The van der Waals surface area contributed by atoms with Gasteiger partial charge in [-0.1, -0.05) is 12.1 Å². The van der Waals surface area contributed by atoms with Crippen molar-refractivity contribution in [2.24, 2.45) is 0 Å². The van der Waals surface area contributed by atoms with E-state index >= 15 is 0 Å². The maximum absolute atomic E-state index is 8.97. The molecule has 1 aliphatic rings. The monoisotopic (exact) mass is 275 g/mol. The number of para-hydroxylation sites is 1. The Bertz CT molecular complexity index is 574. The van der Waals surface area contributed by atoms with Gasteiger partial charge in [-0.3, -0.25) is 9.80 Å². The standard InChI is InChI=1S/C15H21N3O2/c1-12-16-15-13(3-2-4-14(15)20-12)11-18-7-5-17(6-8-18)9-10-19/h2-4,19H,5-11H2,1H3. The molecule has 108 valence electrons. The molecule has 1 aromatic heterocycles. The molecule has 3 rings (SSSR count). The molecular weight excluding hydrogens is 254 g/mol. The van der Waals surface area contributed by atoms with Gasteiger partial charge in [0, 0.05) is 46.2 Å². The van der Waals surface area contributed by atoms with Gasteiger partial charge in [-0.2, -0.15) is 0 Å². The lowest BCUT2D eigenvalue weighted by Crippen LogP contribution is -2.46. The van der Waals surface area contributed by atoms with E-state index in [4.69, 9.17) is 9.52 Å². The van der Waals surface area contributed by atoms with Crippen LogP contribution in [0.3, 0.4) is 0 Å². The van der Waals surface area contributed by atoms with Gasteiger partial charge >= 0.3 is 0 Å². The van der Waals surface area contributed by atoms with E-state index in [0.29, 0.717) is 0 Å². The van der Waals surface area contributed by atoms with Crippen molar-refractivity contribution in [3.8, 4) is 0 Å². The van der Waals surface area contributed by atoms with Crippen molar-refractivity contribution in [2.75, 3.05) is 39.3 Å². The highest BCUT2D eigenvalue weighted by atomic mass is 16.3. The second kappa shape index (κ2) is 5.91. The molecule has 0 bridgehead atoms. The zero-order valence-corrected chi connectivity index (χ0v) is 11.9. The summed E-state index contributed by atoms with van der Waals surface area (Å²) in [5, 5.41) is 8.97. The number of aliphatic hydroxyl groups excluding tert-OH is 1. The van der Waals surface area contributed by atoms with Crippen LogP contribution in [0.25, 0.3) is 11.1 Å². The number of hydrogen-bond acceptors (Lipinski definition) is 5. The Hall–Kier alpha value is -1.43. The summed E-state index contributed by atoms with van der Waals surface area (Å²) in [6.07, 6.45) is 0. The first kappa shape index (κ1) is 13.5. The van der Waals surface area contributed by atoms with Crippen molar-refractivity contribution in [1.29, 1.82) is 0 Å². The second-order valence-electron chi connectivity index (χ2n) is 5.34. The van der Waals surface area contributed by atoms with E-state index in [1.807, 2.05) is 19.1 Å². The molecule has 0 unspecified atom stereocenters. The van der Waals surface area contributed by atoms with Crippen LogP contribution in [0.15, 0.2) is 22.6 Å². The first-order valence-corrected chi connectivity index (χ1v) is 7.17. The molecule has 1 saturated heterocycles. The molecule has 1 aromatic carbocycles. The Kier molecular flexibility index (Phi) is 4.00. The molecule has 0 amide bonds. The van der Waals surface area contributed by atoms with E-state index in [0.717, 1.165) is 56.3 Å². The number of nitrogens with zero attached hydrogens (tertiary/aromatic N) is 3. The summed E-state index contributed by atoms with van der Waals surface area (Å²) >= 11 is 0. The number of oxazole rings is 1. The molecule has 1 aliphatic heterocycles. The average Bonchev–Trinajstić information content (AvgIpc) is 2.83. The highest BCUT2D eigenvalue weighted by Gasteiger charge is 2.18. The zero-order chi connectivity index (χ0) is 13.9. The van der Waals surface area contributed by atoms with Crippen LogP contribution in [0.2, 0.25) is 0 Å². The molecule has 0 saturated carbocycles. The van der Waals surface area contributed by atoms with Crippen molar-refractivity contribution in [1.82, 2.24) is 14.8 Å². The molecule has 1 fully saturated rings. The van der Waals surface area contributed by atoms with Crippen LogP contribution in [0.4, 0.5) is 0 Å². The molecule has 2 heterocycles. The minimum atomic E-state index is 0.248. The van der Waals surface area contributed by atoms with Gasteiger partial charge in [0.25, 0.3) is 0 Å². The van der Waals surface area contributed by atoms with Crippen molar-refractivity contribution in [3.05, 3.63) is 29.7 Å². The van der Waals surface area contributed by atoms with Crippen LogP contribution in [-0.4, -0.2) is 59.2 Å². The Morgan fingerprint density at radius 3 is 2.70 bits per heavy atom. The van der Waals surface area contributed by atoms with Gasteiger partial charge in [0.1, 0.15) is 5.52 Å². The molecule has 5 heteroatoms. The van der Waals surface area contributed by atoms with E-state index in [1.54, 1.807) is 0 Å². The Morgan fingerprint density at radius 2 is 1.95 bits per heavy atom. The van der Waals surface area contributed by atoms with Crippen LogP contribution >= 0.6 is 0 Å². The van der Waals surface area contributed by atoms with Gasteiger partial charge in [0.15, 0.2) is 11.5 Å². The summed E-state index contributed by atoms with van der Waals surface area (Å²) in [5.41, 5.74) is 3.09. The van der Waals surface area contributed by atoms with Crippen molar-refractivity contribution in [2.45, 2.75) is 13.5 Å². The van der Waals surface area contributed by atoms with E-state index in [9.17, 15) is 0 Å². The Labute approximate surface area is 118 Å². The molecule has 1 N–H and O–H groups in total. The first-order valence-electron chi connectivity index (χ1n) is 7.17. The lowest BCUT2D eigenvalue weighted by atomic mass is 10.1. The molecular formula is C15H21N3O2. The third-order valence-electron chi connectivity index (χ3n) is 3.88. The summed E-state index contributed by atoms with van der Waals surface area (Å²) in [4.78, 5) is 9.23. The molecule has 0 spiro atoms. The second-order valence-corrected chi connectivity index (χ2v) is 5.34. The summed E-state index contributed by atoms with van der Waals surface area (Å²) in [6.45, 7) is 7.94. The third kappa shape index (κ3) is 2.85. The van der Waals surface area contributed by atoms with Gasteiger partial charge in [0.2, 0.25) is 0 Å². The largest absolute Gasteiger partial charge is 0.441 e. The number of aromatic nitrogens is 1. The Morgan fingerprint density at radius 1 is 1.20 bits per heavy atom. The van der Waals surface area contributed by atoms with Crippen LogP contribution in [0.1, 0.15) is 11.5 Å². The number of rotatable bonds is 4. The maximum Gasteiger partial charge on any atom is 0.192 e. The molecule has 5 nitrogen and oxygen atoms in total. The highest BCUT2D eigenvalue weighted by Crippen LogP contribution is 2.21. The summed E-state index contributed by atoms with van der Waals surface area (Å²) in [6, 6.07) is 6.13.